The summed E-state index contributed by atoms with van der Waals surface area (Å²) < 4.78 is 0. The zero-order valence-corrected chi connectivity index (χ0v) is 14.4. The van der Waals surface area contributed by atoms with Crippen molar-refractivity contribution in [3.63, 3.8) is 0 Å². The molecule has 0 amide bonds. The van der Waals surface area contributed by atoms with Crippen LogP contribution >= 0.6 is 0 Å². The first-order valence-electron chi connectivity index (χ1n) is 9.32. The number of fused-ring (bicyclic) bond motifs is 2. The van der Waals surface area contributed by atoms with Crippen molar-refractivity contribution in [1.82, 2.24) is 15.1 Å². The summed E-state index contributed by atoms with van der Waals surface area (Å²) in [6, 6.07) is 3.28. The van der Waals surface area contributed by atoms with E-state index in [0.29, 0.717) is 0 Å². The van der Waals surface area contributed by atoms with E-state index >= 15 is 0 Å². The molecule has 2 bridgehead atoms. The van der Waals surface area contributed by atoms with Crippen LogP contribution in [0.3, 0.4) is 0 Å². The van der Waals surface area contributed by atoms with Crippen molar-refractivity contribution in [1.29, 1.82) is 0 Å². The first-order chi connectivity index (χ1) is 10.1. The normalized spacial score (nSPS) is 36.3. The highest BCUT2D eigenvalue weighted by molar-refractivity contribution is 4.95. The lowest BCUT2D eigenvalue weighted by Crippen LogP contribution is -2.57. The maximum Gasteiger partial charge on any atom is 0.0110 e. The van der Waals surface area contributed by atoms with Crippen molar-refractivity contribution in [2.45, 2.75) is 83.0 Å². The van der Waals surface area contributed by atoms with Gasteiger partial charge in [0.25, 0.3) is 0 Å². The van der Waals surface area contributed by atoms with Crippen molar-refractivity contribution in [3.05, 3.63) is 0 Å². The Balaban J connectivity index is 1.43. The van der Waals surface area contributed by atoms with Crippen LogP contribution in [-0.2, 0) is 0 Å². The lowest BCUT2D eigenvalue weighted by Gasteiger charge is -2.48. The van der Waals surface area contributed by atoms with Gasteiger partial charge >= 0.3 is 0 Å². The summed E-state index contributed by atoms with van der Waals surface area (Å²) in [5.41, 5.74) is 0. The van der Waals surface area contributed by atoms with Crippen molar-refractivity contribution in [2.24, 2.45) is 5.92 Å². The van der Waals surface area contributed by atoms with Gasteiger partial charge in [0.15, 0.2) is 0 Å². The monoisotopic (exact) mass is 293 g/mol. The van der Waals surface area contributed by atoms with Crippen LogP contribution in [0.25, 0.3) is 0 Å². The molecule has 0 radical (unpaired) electrons. The Morgan fingerprint density at radius 2 is 1.57 bits per heavy atom. The Kier molecular flexibility index (Phi) is 5.23. The molecule has 3 nitrogen and oxygen atoms in total. The second-order valence-corrected chi connectivity index (χ2v) is 8.21. The Morgan fingerprint density at radius 1 is 0.952 bits per heavy atom. The summed E-state index contributed by atoms with van der Waals surface area (Å²) in [6.07, 6.45) is 9.80. The van der Waals surface area contributed by atoms with Crippen LogP contribution in [0.2, 0.25) is 0 Å². The highest BCUT2D eigenvalue weighted by atomic mass is 15.2. The molecule has 3 heterocycles. The maximum atomic E-state index is 4.03. The number of nitrogens with zero attached hydrogens (tertiary/aromatic N) is 2. The number of rotatable bonds is 4. The third kappa shape index (κ3) is 4.00. The summed E-state index contributed by atoms with van der Waals surface area (Å²) in [7, 11) is 2.36. The summed E-state index contributed by atoms with van der Waals surface area (Å²) >= 11 is 0. The van der Waals surface area contributed by atoms with Gasteiger partial charge in [-0.15, -0.1) is 0 Å². The van der Waals surface area contributed by atoms with E-state index in [1.165, 1.54) is 64.6 Å². The number of hydrogen-bond donors (Lipinski definition) is 1. The van der Waals surface area contributed by atoms with E-state index in [1.54, 1.807) is 0 Å². The fourth-order valence-corrected chi connectivity index (χ4v) is 4.88. The zero-order valence-electron chi connectivity index (χ0n) is 14.4. The van der Waals surface area contributed by atoms with Crippen LogP contribution in [0.5, 0.6) is 0 Å². The van der Waals surface area contributed by atoms with Gasteiger partial charge in [0.2, 0.25) is 0 Å². The molecular formula is C18H35N3. The lowest BCUT2D eigenvalue weighted by atomic mass is 9.82. The number of nitrogens with one attached hydrogen (secondary N) is 1. The molecular weight excluding hydrogens is 258 g/mol. The van der Waals surface area contributed by atoms with Gasteiger partial charge in [-0.05, 0) is 64.6 Å². The van der Waals surface area contributed by atoms with E-state index in [0.717, 1.165) is 30.1 Å². The Bertz CT molecular complexity index is 308. The van der Waals surface area contributed by atoms with E-state index in [9.17, 15) is 0 Å². The topological polar surface area (TPSA) is 18.5 Å². The number of likely N-dealkylation sites (tertiary alicyclic amines) is 1. The van der Waals surface area contributed by atoms with E-state index in [4.69, 9.17) is 0 Å². The average Bonchev–Trinajstić information content (AvgIpc) is 2.41. The minimum atomic E-state index is 0.780. The lowest BCUT2D eigenvalue weighted by molar-refractivity contribution is 0.0425. The molecule has 3 aliphatic heterocycles. The van der Waals surface area contributed by atoms with Crippen molar-refractivity contribution < 1.29 is 0 Å². The molecule has 2 atom stereocenters. The van der Waals surface area contributed by atoms with E-state index in [2.05, 4.69) is 36.0 Å². The summed E-state index contributed by atoms with van der Waals surface area (Å²) in [5, 5.41) is 4.03. The average molecular weight is 293 g/mol. The minimum absolute atomic E-state index is 0.780. The van der Waals surface area contributed by atoms with E-state index < -0.39 is 0 Å². The second-order valence-electron chi connectivity index (χ2n) is 8.21. The van der Waals surface area contributed by atoms with Gasteiger partial charge in [0.1, 0.15) is 0 Å². The molecule has 1 N–H and O–H groups in total. The molecule has 0 saturated carbocycles. The Hall–Kier alpha value is -0.120. The van der Waals surface area contributed by atoms with Crippen molar-refractivity contribution >= 4 is 0 Å². The van der Waals surface area contributed by atoms with Gasteiger partial charge in [-0.1, -0.05) is 20.3 Å². The predicted molar refractivity (Wildman–Crippen MR) is 89.6 cm³/mol. The number of piperidine rings is 3. The highest BCUT2D eigenvalue weighted by Crippen LogP contribution is 2.33. The zero-order chi connectivity index (χ0) is 14.8. The second kappa shape index (κ2) is 6.97. The molecule has 3 rings (SSSR count). The quantitative estimate of drug-likeness (QED) is 0.860. The molecule has 3 aliphatic rings. The molecule has 21 heavy (non-hydrogen) atoms. The van der Waals surface area contributed by atoms with Crippen LogP contribution in [0.15, 0.2) is 0 Å². The fourth-order valence-electron chi connectivity index (χ4n) is 4.88. The highest BCUT2D eigenvalue weighted by Gasteiger charge is 2.36. The largest absolute Gasteiger partial charge is 0.311 e. The molecule has 0 aromatic carbocycles. The van der Waals surface area contributed by atoms with E-state index in [1.807, 2.05) is 0 Å². The van der Waals surface area contributed by atoms with Crippen LogP contribution in [0.4, 0.5) is 0 Å². The molecule has 3 saturated heterocycles. The van der Waals surface area contributed by atoms with Gasteiger partial charge in [-0.25, -0.2) is 0 Å². The molecule has 2 unspecified atom stereocenters. The smallest absolute Gasteiger partial charge is 0.0110 e. The van der Waals surface area contributed by atoms with Gasteiger partial charge in [0.05, 0.1) is 0 Å². The van der Waals surface area contributed by atoms with Gasteiger partial charge in [-0.2, -0.15) is 0 Å². The molecule has 122 valence electrons. The fraction of sp³-hybridized carbons (Fsp3) is 1.00. The molecule has 0 aromatic heterocycles. The third-order valence-electron chi connectivity index (χ3n) is 6.02. The first kappa shape index (κ1) is 15.8. The van der Waals surface area contributed by atoms with Crippen LogP contribution in [-0.4, -0.2) is 60.6 Å². The first-order valence-corrected chi connectivity index (χ1v) is 9.32. The van der Waals surface area contributed by atoms with Gasteiger partial charge in [-0.3, -0.25) is 0 Å². The van der Waals surface area contributed by atoms with E-state index in [-0.39, 0.29) is 0 Å². The van der Waals surface area contributed by atoms with Gasteiger partial charge < -0.3 is 15.1 Å². The Labute approximate surface area is 131 Å². The van der Waals surface area contributed by atoms with Gasteiger partial charge in [0, 0.05) is 30.7 Å². The SMILES string of the molecule is CC(C)CN1CCC(NC2CC3CCCC(C2)N3C)CC1. The molecule has 3 heteroatoms. The molecule has 0 aliphatic carbocycles. The standard InChI is InChI=1S/C18H35N3/c1-14(2)13-21-9-7-15(8-10-21)19-16-11-17-5-4-6-18(12-16)20(17)3/h14-19H,4-13H2,1-3H3. The predicted octanol–water partition coefficient (Wildman–Crippen LogP) is 2.71. The van der Waals surface area contributed by atoms with Crippen LogP contribution in [0.1, 0.15) is 58.8 Å². The summed E-state index contributed by atoms with van der Waals surface area (Å²) in [5.74, 6) is 0.808. The maximum absolute atomic E-state index is 4.03. The molecule has 0 spiro atoms. The Morgan fingerprint density at radius 3 is 2.14 bits per heavy atom. The molecule has 0 aromatic rings. The summed E-state index contributed by atoms with van der Waals surface area (Å²) in [6.45, 7) is 8.55. The van der Waals surface area contributed by atoms with Crippen LogP contribution in [0, 0.1) is 5.92 Å². The van der Waals surface area contributed by atoms with Crippen LogP contribution < -0.4 is 5.32 Å². The van der Waals surface area contributed by atoms with Crippen molar-refractivity contribution in [3.8, 4) is 0 Å². The minimum Gasteiger partial charge on any atom is -0.311 e. The molecule has 3 fully saturated rings. The number of hydrogen-bond acceptors (Lipinski definition) is 3. The van der Waals surface area contributed by atoms with Crippen molar-refractivity contribution in [2.75, 3.05) is 26.7 Å². The summed E-state index contributed by atoms with van der Waals surface area (Å²) in [4.78, 5) is 5.33. The third-order valence-corrected chi connectivity index (χ3v) is 6.02.